The summed E-state index contributed by atoms with van der Waals surface area (Å²) in [6.07, 6.45) is -13.9. The molecule has 0 aromatic carbocycles. The van der Waals surface area contributed by atoms with E-state index >= 15 is 0 Å². The highest BCUT2D eigenvalue weighted by atomic mass is 16.9. The van der Waals surface area contributed by atoms with Gasteiger partial charge in [0.1, 0.15) is 60.5 Å². The fourth-order valence-electron chi connectivity index (χ4n) is 6.11. The Hall–Kier alpha value is -2.19. The van der Waals surface area contributed by atoms with Crippen molar-refractivity contribution in [2.45, 2.75) is 139 Å². The minimum absolute atomic E-state index is 0.466. The van der Waals surface area contributed by atoms with E-state index in [0.29, 0.717) is 4.90 Å². The van der Waals surface area contributed by atoms with Crippen LogP contribution in [-0.2, 0) is 47.4 Å². The van der Waals surface area contributed by atoms with Crippen molar-refractivity contribution in [1.29, 1.82) is 0 Å². The number of carboxylic acids is 1. The molecule has 17 heteroatoms. The molecule has 44 heavy (non-hydrogen) atoms. The van der Waals surface area contributed by atoms with Gasteiger partial charge in [0.15, 0.2) is 17.9 Å². The second-order valence-electron chi connectivity index (χ2n) is 13.4. The maximum Gasteiger partial charge on any atom is 0.420 e. The molecule has 5 saturated heterocycles. The average Bonchev–Trinajstić information content (AvgIpc) is 3.52. The Bertz CT molecular complexity index is 1140. The number of nitrogens with zero attached hydrogens (tertiary/aromatic N) is 1. The molecule has 5 aliphatic heterocycles. The van der Waals surface area contributed by atoms with Crippen LogP contribution in [0.1, 0.15) is 54.9 Å². The number of carbonyl (C=O) groups is 3. The molecule has 4 N–H and O–H groups in total. The van der Waals surface area contributed by atoms with E-state index in [0.717, 1.165) is 0 Å². The van der Waals surface area contributed by atoms with E-state index in [-0.39, 0.29) is 0 Å². The van der Waals surface area contributed by atoms with E-state index in [4.69, 9.17) is 42.6 Å². The molecular weight excluding hydrogens is 594 g/mol. The monoisotopic (exact) mass is 635 g/mol. The van der Waals surface area contributed by atoms with Crippen LogP contribution in [0.15, 0.2) is 0 Å². The van der Waals surface area contributed by atoms with E-state index in [1.165, 1.54) is 0 Å². The SMILES string of the molecule is CC(C)(C)OC(=O)N1C(=O)O[C@H]2C[C@](OC[C@H]3O[C@@H]4OC(C)(C)O[C@@H]4[C@H]4OC(C)(C)O[C@H]43)(C(=O)O)O[C@@H]([C@H](O)[C@H](O)CO)[C@@H]21. The second kappa shape index (κ2) is 11.3. The third-order valence-corrected chi connectivity index (χ3v) is 7.83. The third kappa shape index (κ3) is 6.14. The molecule has 0 unspecified atom stereocenters. The lowest BCUT2D eigenvalue weighted by Gasteiger charge is -2.46. The fourth-order valence-corrected chi connectivity index (χ4v) is 6.11. The molecule has 0 spiro atoms. The molecule has 0 aromatic heterocycles. The molecule has 5 fully saturated rings. The molecule has 11 atom stereocenters. The van der Waals surface area contributed by atoms with Gasteiger partial charge in [-0.3, -0.25) is 0 Å². The average molecular weight is 636 g/mol. The molecule has 2 amide bonds. The normalized spacial score (nSPS) is 40.4. The summed E-state index contributed by atoms with van der Waals surface area (Å²) in [4.78, 5) is 39.2. The Morgan fingerprint density at radius 2 is 1.61 bits per heavy atom. The maximum atomic E-state index is 13.0. The van der Waals surface area contributed by atoms with Gasteiger partial charge < -0.3 is 63.1 Å². The number of amides is 2. The van der Waals surface area contributed by atoms with Gasteiger partial charge in [-0.2, -0.15) is 0 Å². The van der Waals surface area contributed by atoms with Gasteiger partial charge >= 0.3 is 18.2 Å². The van der Waals surface area contributed by atoms with Crippen LogP contribution in [0.3, 0.4) is 0 Å². The summed E-state index contributed by atoms with van der Waals surface area (Å²) in [5.41, 5.74) is -1.03. The lowest BCUT2D eigenvalue weighted by atomic mass is 9.88. The molecule has 5 rings (SSSR count). The predicted octanol–water partition coefficient (Wildman–Crippen LogP) is -0.192. The van der Waals surface area contributed by atoms with Crippen molar-refractivity contribution >= 4 is 18.2 Å². The number of aliphatic carboxylic acids is 1. The zero-order chi connectivity index (χ0) is 32.6. The standard InChI is InChI=1S/C27H41NO16/c1-24(2,3)44-23(35)28-14-12(38-22(28)34)8-27(21(32)33,42-17(14)15(31)11(30)9-29)36-10-13-16-18(40-25(4,5)39-16)19-20(37-13)43-26(6,7)41-19/h11-20,29-31H,8-10H2,1-7H3,(H,32,33)/t11-,12+,13-,14-,15-,16+,17-,18+,19-,20-,27-/m1/s1. The largest absolute Gasteiger partial charge is 0.477 e. The lowest BCUT2D eigenvalue weighted by molar-refractivity contribution is -0.324. The smallest absolute Gasteiger partial charge is 0.420 e. The van der Waals surface area contributed by atoms with E-state index in [1.54, 1.807) is 48.5 Å². The zero-order valence-electron chi connectivity index (χ0n) is 25.5. The lowest BCUT2D eigenvalue weighted by Crippen LogP contribution is -2.67. The molecule has 5 heterocycles. The number of rotatable bonds is 7. The first-order valence-electron chi connectivity index (χ1n) is 14.4. The Balaban J connectivity index is 1.42. The predicted molar refractivity (Wildman–Crippen MR) is 140 cm³/mol. The highest BCUT2D eigenvalue weighted by Crippen LogP contribution is 2.46. The van der Waals surface area contributed by atoms with Crippen LogP contribution in [0.2, 0.25) is 0 Å². The Morgan fingerprint density at radius 3 is 2.23 bits per heavy atom. The number of imide groups is 1. The fraction of sp³-hybridized carbons (Fsp3) is 0.889. The maximum absolute atomic E-state index is 13.0. The number of aliphatic hydroxyl groups is 3. The molecule has 0 bridgehead atoms. The summed E-state index contributed by atoms with van der Waals surface area (Å²) in [6, 6.07) is -1.45. The van der Waals surface area contributed by atoms with Crippen LogP contribution in [0.5, 0.6) is 0 Å². The number of ether oxygens (including phenoxy) is 9. The van der Waals surface area contributed by atoms with E-state index in [1.807, 2.05) is 0 Å². The van der Waals surface area contributed by atoms with Gasteiger partial charge in [-0.05, 0) is 48.5 Å². The van der Waals surface area contributed by atoms with Crippen molar-refractivity contribution in [2.75, 3.05) is 13.2 Å². The van der Waals surface area contributed by atoms with Crippen molar-refractivity contribution in [3.05, 3.63) is 0 Å². The number of aliphatic hydroxyl groups excluding tert-OH is 3. The zero-order valence-corrected chi connectivity index (χ0v) is 25.5. The van der Waals surface area contributed by atoms with Gasteiger partial charge in [0, 0.05) is 0 Å². The number of fused-ring (bicyclic) bond motifs is 4. The number of hydrogen-bond acceptors (Lipinski definition) is 15. The molecule has 0 aromatic rings. The molecule has 0 aliphatic carbocycles. The van der Waals surface area contributed by atoms with Gasteiger partial charge in [-0.1, -0.05) is 0 Å². The molecule has 0 radical (unpaired) electrons. The quantitative estimate of drug-likeness (QED) is 0.285. The third-order valence-electron chi connectivity index (χ3n) is 7.83. The first-order chi connectivity index (χ1) is 20.3. The van der Waals surface area contributed by atoms with Crippen LogP contribution >= 0.6 is 0 Å². The summed E-state index contributed by atoms with van der Waals surface area (Å²) >= 11 is 0. The molecule has 17 nitrogen and oxygen atoms in total. The first-order valence-corrected chi connectivity index (χ1v) is 14.4. The minimum Gasteiger partial charge on any atom is -0.477 e. The van der Waals surface area contributed by atoms with E-state index in [9.17, 15) is 34.8 Å². The summed E-state index contributed by atoms with van der Waals surface area (Å²) in [5.74, 6) is -6.28. The molecule has 250 valence electrons. The van der Waals surface area contributed by atoms with E-state index in [2.05, 4.69) is 0 Å². The summed E-state index contributed by atoms with van der Waals surface area (Å²) in [7, 11) is 0. The van der Waals surface area contributed by atoms with Gasteiger partial charge in [-0.15, -0.1) is 0 Å². The van der Waals surface area contributed by atoms with Crippen molar-refractivity contribution in [1.82, 2.24) is 4.90 Å². The molecule has 5 aliphatic rings. The van der Waals surface area contributed by atoms with Gasteiger partial charge in [0.2, 0.25) is 0 Å². The van der Waals surface area contributed by atoms with Crippen LogP contribution < -0.4 is 0 Å². The topological polar surface area (TPSA) is 218 Å². The van der Waals surface area contributed by atoms with Crippen molar-refractivity contribution in [2.24, 2.45) is 0 Å². The summed E-state index contributed by atoms with van der Waals surface area (Å²) < 4.78 is 52.5. The van der Waals surface area contributed by atoms with Gasteiger partial charge in [0.25, 0.3) is 5.79 Å². The molecular formula is C27H41NO16. The van der Waals surface area contributed by atoms with Gasteiger partial charge in [-0.25, -0.2) is 19.3 Å². The second-order valence-corrected chi connectivity index (χ2v) is 13.4. The number of hydrogen-bond donors (Lipinski definition) is 4. The highest BCUT2D eigenvalue weighted by Gasteiger charge is 2.65. The van der Waals surface area contributed by atoms with Crippen molar-refractivity contribution < 1.29 is 77.4 Å². The van der Waals surface area contributed by atoms with Crippen LogP contribution in [0.4, 0.5) is 9.59 Å². The van der Waals surface area contributed by atoms with Crippen molar-refractivity contribution in [3.63, 3.8) is 0 Å². The van der Waals surface area contributed by atoms with Crippen LogP contribution in [-0.4, -0.2) is 141 Å². The Kier molecular flexibility index (Phi) is 8.49. The summed E-state index contributed by atoms with van der Waals surface area (Å²) in [5, 5.41) is 41.2. The van der Waals surface area contributed by atoms with Gasteiger partial charge in [0.05, 0.1) is 19.6 Å². The summed E-state index contributed by atoms with van der Waals surface area (Å²) in [6.45, 7) is 10.1. The molecule has 0 saturated carbocycles. The number of carboxylic acid groups (broad SMARTS) is 1. The van der Waals surface area contributed by atoms with Crippen molar-refractivity contribution in [3.8, 4) is 0 Å². The Morgan fingerprint density at radius 1 is 1.00 bits per heavy atom. The minimum atomic E-state index is -2.58. The van der Waals surface area contributed by atoms with Crippen LogP contribution in [0.25, 0.3) is 0 Å². The number of carbonyl (C=O) groups excluding carboxylic acids is 2. The van der Waals surface area contributed by atoms with Crippen LogP contribution in [0, 0.1) is 0 Å². The Labute approximate surface area is 253 Å². The van der Waals surface area contributed by atoms with E-state index < -0.39 is 122 Å². The first kappa shape index (κ1) is 33.2. The highest BCUT2D eigenvalue weighted by molar-refractivity contribution is 5.90.